The Balaban J connectivity index is 1.66. The minimum Gasteiger partial charge on any atom is -0.319 e. The largest absolute Gasteiger partial charge is 0.319 e. The number of aromatic amines is 1. The molecule has 0 aliphatic rings. The molecule has 8 nitrogen and oxygen atoms in total. The molecule has 2 aromatic heterocycles. The summed E-state index contributed by atoms with van der Waals surface area (Å²) in [6.45, 7) is 0. The van der Waals surface area contributed by atoms with Gasteiger partial charge >= 0.3 is 0 Å². The van der Waals surface area contributed by atoms with Gasteiger partial charge in [-0.15, -0.1) is 0 Å². The van der Waals surface area contributed by atoms with Gasteiger partial charge in [0.2, 0.25) is 0 Å². The molecule has 0 amide bonds. The van der Waals surface area contributed by atoms with Gasteiger partial charge in [0.25, 0.3) is 15.6 Å². The van der Waals surface area contributed by atoms with Gasteiger partial charge in [0, 0.05) is 10.0 Å². The fourth-order valence-corrected chi connectivity index (χ4v) is 5.42. The van der Waals surface area contributed by atoms with Gasteiger partial charge in [0.15, 0.2) is 0 Å². The summed E-state index contributed by atoms with van der Waals surface area (Å²) >= 11 is 4.33. The molecule has 154 valence electrons. The summed E-state index contributed by atoms with van der Waals surface area (Å²) in [5, 5.41) is 0. The molecule has 5 aromatic rings. The molecule has 2 N–H and O–H groups in total. The van der Waals surface area contributed by atoms with E-state index in [1.807, 2.05) is 6.07 Å². The number of nitrogens with zero attached hydrogens (tertiary/aromatic N) is 3. The van der Waals surface area contributed by atoms with Gasteiger partial charge in [-0.3, -0.25) is 9.52 Å². The smallest absolute Gasteiger partial charge is 0.275 e. The van der Waals surface area contributed by atoms with Crippen molar-refractivity contribution < 1.29 is 8.42 Å². The van der Waals surface area contributed by atoms with E-state index in [2.05, 4.69) is 39.4 Å². The Morgan fingerprint density at radius 2 is 1.77 bits per heavy atom. The molecular formula is C20H12BrN5O3S2. The third-order valence-corrected chi connectivity index (χ3v) is 7.05. The summed E-state index contributed by atoms with van der Waals surface area (Å²) in [5.41, 5.74) is 2.21. The predicted octanol–water partition coefficient (Wildman–Crippen LogP) is 4.16. The second-order valence-electron chi connectivity index (χ2n) is 6.62. The summed E-state index contributed by atoms with van der Waals surface area (Å²) in [7, 11) is -4.01. The van der Waals surface area contributed by atoms with Crippen LogP contribution in [0.5, 0.6) is 0 Å². The molecule has 5 rings (SSSR count). The third kappa shape index (κ3) is 3.60. The first-order valence-corrected chi connectivity index (χ1v) is 12.0. The molecule has 0 aliphatic heterocycles. The molecule has 3 aromatic carbocycles. The maximum absolute atomic E-state index is 13.2. The summed E-state index contributed by atoms with van der Waals surface area (Å²) in [4.78, 5) is 20.0. The van der Waals surface area contributed by atoms with Crippen LogP contribution in [-0.4, -0.2) is 27.1 Å². The second-order valence-corrected chi connectivity index (χ2v) is 9.71. The first-order chi connectivity index (χ1) is 14.9. The van der Waals surface area contributed by atoms with Crippen molar-refractivity contribution in [3.63, 3.8) is 0 Å². The van der Waals surface area contributed by atoms with Crippen molar-refractivity contribution in [3.8, 4) is 11.3 Å². The van der Waals surface area contributed by atoms with E-state index in [0.717, 1.165) is 11.7 Å². The number of H-pyrrole nitrogens is 1. The monoisotopic (exact) mass is 513 g/mol. The van der Waals surface area contributed by atoms with Gasteiger partial charge in [0.1, 0.15) is 21.6 Å². The van der Waals surface area contributed by atoms with Crippen LogP contribution >= 0.6 is 27.7 Å². The number of benzene rings is 3. The highest BCUT2D eigenvalue weighted by atomic mass is 79.9. The van der Waals surface area contributed by atoms with Crippen molar-refractivity contribution >= 4 is 65.4 Å². The van der Waals surface area contributed by atoms with Crippen LogP contribution in [0, 0.1) is 0 Å². The lowest BCUT2D eigenvalue weighted by Crippen LogP contribution is -2.16. The van der Waals surface area contributed by atoms with E-state index < -0.39 is 15.6 Å². The molecule has 31 heavy (non-hydrogen) atoms. The lowest BCUT2D eigenvalue weighted by atomic mass is 10.1. The number of nitrogens with one attached hydrogen (secondary N) is 2. The minimum absolute atomic E-state index is 0.00741. The number of sulfonamides is 1. The van der Waals surface area contributed by atoms with Gasteiger partial charge in [-0.1, -0.05) is 34.1 Å². The zero-order chi connectivity index (χ0) is 21.6. The number of fused-ring (bicyclic) bond motifs is 2. The number of hydrogen-bond acceptors (Lipinski definition) is 7. The molecule has 0 spiro atoms. The summed E-state index contributed by atoms with van der Waals surface area (Å²) in [5.74, 6) is 0. The summed E-state index contributed by atoms with van der Waals surface area (Å²) in [6, 6.07) is 16.8. The van der Waals surface area contributed by atoms with Crippen LogP contribution in [0.1, 0.15) is 0 Å². The van der Waals surface area contributed by atoms with E-state index in [9.17, 15) is 13.2 Å². The van der Waals surface area contributed by atoms with Crippen LogP contribution < -0.4 is 10.3 Å². The highest BCUT2D eigenvalue weighted by molar-refractivity contribution is 9.10. The third-order valence-electron chi connectivity index (χ3n) is 4.62. The molecule has 0 radical (unpaired) electrons. The first-order valence-electron chi connectivity index (χ1n) is 8.95. The number of halogens is 1. The molecule has 0 saturated carbocycles. The molecule has 2 heterocycles. The Morgan fingerprint density at radius 3 is 2.65 bits per heavy atom. The Labute approximate surface area is 188 Å². The predicted molar refractivity (Wildman–Crippen MR) is 124 cm³/mol. The van der Waals surface area contributed by atoms with Crippen molar-refractivity contribution in [1.82, 2.24) is 18.7 Å². The Kier molecular flexibility index (Phi) is 4.80. The van der Waals surface area contributed by atoms with Crippen molar-refractivity contribution in [1.29, 1.82) is 0 Å². The Hall–Kier alpha value is -3.15. The average Bonchev–Trinajstić information content (AvgIpc) is 3.23. The van der Waals surface area contributed by atoms with Crippen LogP contribution in [0.3, 0.4) is 0 Å². The quantitative estimate of drug-likeness (QED) is 0.372. The molecular weight excluding hydrogens is 502 g/mol. The molecule has 0 aliphatic carbocycles. The maximum Gasteiger partial charge on any atom is 0.275 e. The topological polar surface area (TPSA) is 118 Å². The molecule has 0 atom stereocenters. The standard InChI is InChI=1S/C20H12BrN5O3S2/c21-11-8-9-13(26-31(28,29)17-7-3-6-16-19(17)25-30-24-16)12(10-11)18-20(27)23-15-5-2-1-4-14(15)22-18/h1-10,26H,(H,23,27). The van der Waals surface area contributed by atoms with E-state index in [1.54, 1.807) is 48.5 Å². The highest BCUT2D eigenvalue weighted by Crippen LogP contribution is 2.31. The van der Waals surface area contributed by atoms with Crippen molar-refractivity contribution in [2.45, 2.75) is 4.90 Å². The summed E-state index contributed by atoms with van der Waals surface area (Å²) in [6.07, 6.45) is 0. The molecule has 0 bridgehead atoms. The van der Waals surface area contributed by atoms with E-state index in [1.165, 1.54) is 6.07 Å². The van der Waals surface area contributed by atoms with Crippen LogP contribution in [-0.2, 0) is 10.0 Å². The Bertz CT molecular complexity index is 1630. The van der Waals surface area contributed by atoms with E-state index in [0.29, 0.717) is 32.1 Å². The lowest BCUT2D eigenvalue weighted by molar-refractivity contribution is 0.602. The SMILES string of the molecule is O=c1[nH]c2ccccc2nc1-c1cc(Br)ccc1NS(=O)(=O)c1cccc2nsnc12. The number of anilines is 1. The maximum atomic E-state index is 13.2. The van der Waals surface area contributed by atoms with Crippen molar-refractivity contribution in [2.75, 3.05) is 4.72 Å². The highest BCUT2D eigenvalue weighted by Gasteiger charge is 2.22. The zero-order valence-electron chi connectivity index (χ0n) is 15.5. The number of rotatable bonds is 4. The number of para-hydroxylation sites is 2. The van der Waals surface area contributed by atoms with E-state index in [4.69, 9.17) is 0 Å². The molecule has 0 unspecified atom stereocenters. The van der Waals surface area contributed by atoms with E-state index >= 15 is 0 Å². The normalized spacial score (nSPS) is 11.8. The Morgan fingerprint density at radius 1 is 0.968 bits per heavy atom. The van der Waals surface area contributed by atoms with Crippen molar-refractivity contribution in [2.24, 2.45) is 0 Å². The van der Waals surface area contributed by atoms with Gasteiger partial charge < -0.3 is 4.98 Å². The van der Waals surface area contributed by atoms with Gasteiger partial charge in [-0.2, -0.15) is 8.75 Å². The molecule has 0 fully saturated rings. The fourth-order valence-electron chi connectivity index (χ4n) is 3.21. The fraction of sp³-hybridized carbons (Fsp3) is 0. The number of hydrogen-bond donors (Lipinski definition) is 2. The first kappa shape index (κ1) is 19.8. The lowest BCUT2D eigenvalue weighted by Gasteiger charge is -2.13. The van der Waals surface area contributed by atoms with E-state index in [-0.39, 0.29) is 16.3 Å². The van der Waals surface area contributed by atoms with Gasteiger partial charge in [0.05, 0.1) is 28.4 Å². The van der Waals surface area contributed by atoms with Crippen LogP contribution in [0.2, 0.25) is 0 Å². The van der Waals surface area contributed by atoms with Crippen LogP contribution in [0.4, 0.5) is 5.69 Å². The van der Waals surface area contributed by atoms with Crippen LogP contribution in [0.25, 0.3) is 33.3 Å². The summed E-state index contributed by atoms with van der Waals surface area (Å²) < 4.78 is 37.8. The molecule has 11 heteroatoms. The average molecular weight is 514 g/mol. The zero-order valence-corrected chi connectivity index (χ0v) is 18.8. The van der Waals surface area contributed by atoms with Gasteiger partial charge in [-0.05, 0) is 42.5 Å². The number of aromatic nitrogens is 4. The molecule has 0 saturated heterocycles. The second kappa shape index (κ2) is 7.52. The van der Waals surface area contributed by atoms with Crippen molar-refractivity contribution in [3.05, 3.63) is 75.5 Å². The van der Waals surface area contributed by atoms with Gasteiger partial charge in [-0.25, -0.2) is 13.4 Å². The minimum atomic E-state index is -4.01. The van der Waals surface area contributed by atoms with Crippen LogP contribution in [0.15, 0.2) is 74.8 Å².